The van der Waals surface area contributed by atoms with Gasteiger partial charge in [0.2, 0.25) is 0 Å². The van der Waals surface area contributed by atoms with Crippen molar-refractivity contribution in [3.05, 3.63) is 51.8 Å². The zero-order valence-electron chi connectivity index (χ0n) is 11.4. The lowest BCUT2D eigenvalue weighted by Gasteiger charge is -2.27. The summed E-state index contributed by atoms with van der Waals surface area (Å²) >= 11 is 1.41. The van der Waals surface area contributed by atoms with Crippen molar-refractivity contribution in [3.63, 3.8) is 0 Å². The summed E-state index contributed by atoms with van der Waals surface area (Å²) in [5, 5.41) is 3.08. The van der Waals surface area contributed by atoms with E-state index in [0.29, 0.717) is 17.1 Å². The molecule has 3 N–H and O–H groups in total. The van der Waals surface area contributed by atoms with Crippen LogP contribution in [0.15, 0.2) is 35.7 Å². The zero-order chi connectivity index (χ0) is 14.4. The number of aromatic nitrogens is 1. The molecular formula is C16H15N3OS. The minimum Gasteiger partial charge on any atom is -0.397 e. The highest BCUT2D eigenvalue weighted by atomic mass is 32.1. The Hall–Kier alpha value is -2.27. The fourth-order valence-electron chi connectivity index (χ4n) is 2.98. The maximum absolute atomic E-state index is 12.6. The third-order valence-electron chi connectivity index (χ3n) is 4.06. The Morgan fingerprint density at radius 3 is 2.95 bits per heavy atom. The van der Waals surface area contributed by atoms with Gasteiger partial charge in [-0.25, -0.2) is 0 Å². The summed E-state index contributed by atoms with van der Waals surface area (Å²) in [6, 6.07) is 10.0. The van der Waals surface area contributed by atoms with Crippen molar-refractivity contribution in [2.45, 2.75) is 13.0 Å². The van der Waals surface area contributed by atoms with E-state index >= 15 is 0 Å². The van der Waals surface area contributed by atoms with Crippen LogP contribution >= 0.6 is 11.3 Å². The summed E-state index contributed by atoms with van der Waals surface area (Å²) in [5.41, 5.74) is 10.1. The van der Waals surface area contributed by atoms with Crippen molar-refractivity contribution in [2.24, 2.45) is 0 Å². The molecule has 0 atom stereocenters. The van der Waals surface area contributed by atoms with Gasteiger partial charge >= 0.3 is 0 Å². The number of aromatic amines is 1. The molecule has 4 nitrogen and oxygen atoms in total. The molecule has 0 saturated carbocycles. The number of anilines is 1. The second-order valence-corrected chi connectivity index (χ2v) is 6.23. The summed E-state index contributed by atoms with van der Waals surface area (Å²) < 4.78 is 0. The van der Waals surface area contributed by atoms with Crippen LogP contribution < -0.4 is 5.73 Å². The number of nitrogens with one attached hydrogen (secondary N) is 1. The van der Waals surface area contributed by atoms with Crippen LogP contribution in [-0.2, 0) is 13.0 Å². The maximum atomic E-state index is 12.6. The normalized spacial score (nSPS) is 14.4. The summed E-state index contributed by atoms with van der Waals surface area (Å²) in [5.74, 6) is 0.0402. The molecule has 0 bridgehead atoms. The van der Waals surface area contributed by atoms with Gasteiger partial charge in [-0.05, 0) is 17.5 Å². The number of fused-ring (bicyclic) bond motifs is 3. The number of hydrogen-bond acceptors (Lipinski definition) is 3. The number of benzene rings is 1. The first-order valence-corrected chi connectivity index (χ1v) is 7.82. The molecule has 1 amide bonds. The van der Waals surface area contributed by atoms with Crippen molar-refractivity contribution in [2.75, 3.05) is 12.3 Å². The number of rotatable bonds is 1. The minimum absolute atomic E-state index is 0.0402. The first-order chi connectivity index (χ1) is 10.2. The first-order valence-electron chi connectivity index (χ1n) is 6.95. The van der Waals surface area contributed by atoms with Crippen molar-refractivity contribution in [1.82, 2.24) is 9.88 Å². The van der Waals surface area contributed by atoms with Crippen molar-refractivity contribution in [3.8, 4) is 0 Å². The fraction of sp³-hybridized carbons (Fsp3) is 0.188. The number of carbonyl (C=O) groups excluding carboxylic acids is 1. The molecule has 5 heteroatoms. The smallest absolute Gasteiger partial charge is 0.266 e. The Bertz CT molecular complexity index is 833. The number of nitrogens with two attached hydrogens (primary N) is 1. The highest BCUT2D eigenvalue weighted by Gasteiger charge is 2.26. The molecule has 4 rings (SSSR count). The highest BCUT2D eigenvalue weighted by molar-refractivity contribution is 7.12. The molecule has 21 heavy (non-hydrogen) atoms. The van der Waals surface area contributed by atoms with Crippen LogP contribution in [0.1, 0.15) is 20.9 Å². The lowest BCUT2D eigenvalue weighted by Crippen LogP contribution is -2.35. The van der Waals surface area contributed by atoms with Gasteiger partial charge in [0, 0.05) is 41.7 Å². The third-order valence-corrected chi connectivity index (χ3v) is 4.98. The van der Waals surface area contributed by atoms with E-state index in [1.54, 1.807) is 6.07 Å². The molecule has 0 radical (unpaired) electrons. The van der Waals surface area contributed by atoms with Crippen LogP contribution in [-0.4, -0.2) is 22.3 Å². The van der Waals surface area contributed by atoms with E-state index < -0.39 is 0 Å². The second-order valence-electron chi connectivity index (χ2n) is 5.31. The second kappa shape index (κ2) is 4.63. The predicted molar refractivity (Wildman–Crippen MR) is 85.5 cm³/mol. The number of nitrogen functional groups attached to an aromatic ring is 1. The van der Waals surface area contributed by atoms with Crippen LogP contribution in [0.25, 0.3) is 10.9 Å². The minimum atomic E-state index is 0.0402. The van der Waals surface area contributed by atoms with E-state index in [1.165, 1.54) is 28.0 Å². The molecule has 1 aliphatic heterocycles. The van der Waals surface area contributed by atoms with Crippen LogP contribution in [0.5, 0.6) is 0 Å². The van der Waals surface area contributed by atoms with E-state index in [4.69, 9.17) is 5.73 Å². The lowest BCUT2D eigenvalue weighted by molar-refractivity contribution is 0.0741. The average molecular weight is 297 g/mol. The fourth-order valence-corrected chi connectivity index (χ4v) is 3.76. The van der Waals surface area contributed by atoms with Crippen LogP contribution in [0.4, 0.5) is 5.69 Å². The molecule has 3 heterocycles. The molecule has 3 aromatic rings. The van der Waals surface area contributed by atoms with Crippen LogP contribution in [0, 0.1) is 0 Å². The standard InChI is InChI=1S/C16H15N3OS/c17-12-6-8-21-15(12)16(20)19-7-5-14-11(9-19)10-3-1-2-4-13(10)18-14/h1-4,6,8,18H,5,7,9,17H2. The number of para-hydroxylation sites is 1. The number of H-pyrrole nitrogens is 1. The molecule has 0 aliphatic carbocycles. The van der Waals surface area contributed by atoms with Gasteiger partial charge in [-0.3, -0.25) is 4.79 Å². The molecule has 0 fully saturated rings. The van der Waals surface area contributed by atoms with Gasteiger partial charge in [-0.15, -0.1) is 11.3 Å². The molecule has 1 aliphatic rings. The molecule has 106 valence electrons. The summed E-state index contributed by atoms with van der Waals surface area (Å²) in [6.07, 6.45) is 0.862. The van der Waals surface area contributed by atoms with Gasteiger partial charge < -0.3 is 15.6 Å². The maximum Gasteiger partial charge on any atom is 0.266 e. The van der Waals surface area contributed by atoms with Crippen LogP contribution in [0.2, 0.25) is 0 Å². The SMILES string of the molecule is Nc1ccsc1C(=O)N1CCc2[nH]c3ccccc3c2C1. The van der Waals surface area contributed by atoms with Gasteiger partial charge in [-0.2, -0.15) is 0 Å². The van der Waals surface area contributed by atoms with Gasteiger partial charge in [-0.1, -0.05) is 18.2 Å². The van der Waals surface area contributed by atoms with Crippen molar-refractivity contribution < 1.29 is 4.79 Å². The topological polar surface area (TPSA) is 62.1 Å². The summed E-state index contributed by atoms with van der Waals surface area (Å²) in [6.45, 7) is 1.38. The monoisotopic (exact) mass is 297 g/mol. The molecule has 0 spiro atoms. The third kappa shape index (κ3) is 1.93. The molecular weight excluding hydrogens is 282 g/mol. The van der Waals surface area contributed by atoms with Gasteiger partial charge in [0.1, 0.15) is 4.88 Å². The van der Waals surface area contributed by atoms with E-state index in [1.807, 2.05) is 22.4 Å². The van der Waals surface area contributed by atoms with Crippen LogP contribution in [0.3, 0.4) is 0 Å². The predicted octanol–water partition coefficient (Wildman–Crippen LogP) is 3.01. The van der Waals surface area contributed by atoms with Gasteiger partial charge in [0.15, 0.2) is 0 Å². The van der Waals surface area contributed by atoms with E-state index in [0.717, 1.165) is 18.5 Å². The average Bonchev–Trinajstić information content (AvgIpc) is 3.09. The number of carbonyl (C=O) groups is 1. The Morgan fingerprint density at radius 1 is 1.29 bits per heavy atom. The first kappa shape index (κ1) is 12.5. The zero-order valence-corrected chi connectivity index (χ0v) is 12.2. The highest BCUT2D eigenvalue weighted by Crippen LogP contribution is 2.29. The Kier molecular flexibility index (Phi) is 2.75. The van der Waals surface area contributed by atoms with E-state index in [2.05, 4.69) is 17.1 Å². The summed E-state index contributed by atoms with van der Waals surface area (Å²) in [7, 11) is 0. The summed E-state index contributed by atoms with van der Waals surface area (Å²) in [4.78, 5) is 18.6. The largest absolute Gasteiger partial charge is 0.397 e. The molecule has 0 saturated heterocycles. The van der Waals surface area contributed by atoms with E-state index in [9.17, 15) is 4.79 Å². The van der Waals surface area contributed by atoms with E-state index in [-0.39, 0.29) is 5.91 Å². The number of amides is 1. The Labute approximate surface area is 126 Å². The molecule has 2 aromatic heterocycles. The van der Waals surface area contributed by atoms with Gasteiger partial charge in [0.25, 0.3) is 5.91 Å². The lowest BCUT2D eigenvalue weighted by atomic mass is 10.0. The number of hydrogen-bond donors (Lipinski definition) is 2. The number of nitrogens with zero attached hydrogens (tertiary/aromatic N) is 1. The van der Waals surface area contributed by atoms with Gasteiger partial charge in [0.05, 0.1) is 5.69 Å². The number of thiophene rings is 1. The Balaban J connectivity index is 1.70. The molecule has 1 aromatic carbocycles. The van der Waals surface area contributed by atoms with Crippen molar-refractivity contribution in [1.29, 1.82) is 0 Å². The molecule has 0 unspecified atom stereocenters. The van der Waals surface area contributed by atoms with Crippen molar-refractivity contribution >= 4 is 33.8 Å². The quantitative estimate of drug-likeness (QED) is 0.725. The Morgan fingerprint density at radius 2 is 2.14 bits per heavy atom.